The molecule has 2 aromatic carbocycles. The fourth-order valence-corrected chi connectivity index (χ4v) is 4.82. The van der Waals surface area contributed by atoms with Crippen LogP contribution in [0.5, 0.6) is 5.88 Å². The highest BCUT2D eigenvalue weighted by atomic mass is 35.5. The number of aryl methyl sites for hydroxylation is 2. The number of nitrogens with zero attached hydrogens (tertiary/aromatic N) is 3. The van der Waals surface area contributed by atoms with Gasteiger partial charge < -0.3 is 20.3 Å². The van der Waals surface area contributed by atoms with Crippen molar-refractivity contribution < 1.29 is 9.53 Å². The molecule has 1 aliphatic heterocycles. The third-order valence-electron chi connectivity index (χ3n) is 6.60. The van der Waals surface area contributed by atoms with E-state index in [0.717, 1.165) is 30.8 Å². The summed E-state index contributed by atoms with van der Waals surface area (Å²) in [6.07, 6.45) is 4.57. The minimum absolute atomic E-state index is 0.185. The van der Waals surface area contributed by atoms with E-state index in [9.17, 15) is 4.79 Å². The predicted molar refractivity (Wildman–Crippen MR) is 141 cm³/mol. The van der Waals surface area contributed by atoms with Crippen LogP contribution in [0.1, 0.15) is 52.7 Å². The minimum Gasteiger partial charge on any atom is -0.480 e. The van der Waals surface area contributed by atoms with E-state index in [0.29, 0.717) is 22.6 Å². The van der Waals surface area contributed by atoms with Crippen LogP contribution < -0.4 is 15.4 Å². The standard InChI is InChI=1S/C27H32ClN5O2/c1-5-18-7-6-8-23(28)24(18)31-25(34)22-16-29-27(32-26(22)35-4)30-20-9-10-21(17(2)15-20)19-11-13-33(3)14-12-19/h6-10,15-16,19H,5,11-14H2,1-4H3,(H,31,34)(H,29,30,32). The Labute approximate surface area is 211 Å². The summed E-state index contributed by atoms with van der Waals surface area (Å²) in [5, 5.41) is 6.60. The SMILES string of the molecule is CCc1cccc(Cl)c1NC(=O)c1cnc(Nc2ccc(C3CCN(C)CC3)c(C)c2)nc1OC. The number of amides is 1. The molecular formula is C27H32ClN5O2. The van der Waals surface area contributed by atoms with Crippen LogP contribution in [-0.4, -0.2) is 48.0 Å². The summed E-state index contributed by atoms with van der Waals surface area (Å²) in [6.45, 7) is 6.42. The molecule has 184 valence electrons. The maximum absolute atomic E-state index is 13.0. The number of benzene rings is 2. The number of ether oxygens (including phenoxy) is 1. The maximum atomic E-state index is 13.0. The van der Waals surface area contributed by atoms with Crippen LogP contribution in [0, 0.1) is 6.92 Å². The van der Waals surface area contributed by atoms with Crippen molar-refractivity contribution in [2.24, 2.45) is 0 Å². The molecule has 0 atom stereocenters. The van der Waals surface area contributed by atoms with Gasteiger partial charge in [0.05, 0.1) is 17.8 Å². The van der Waals surface area contributed by atoms with Gasteiger partial charge in [0.25, 0.3) is 5.91 Å². The van der Waals surface area contributed by atoms with E-state index in [1.54, 1.807) is 6.07 Å². The van der Waals surface area contributed by atoms with Crippen molar-refractivity contribution in [1.82, 2.24) is 14.9 Å². The number of halogens is 1. The Balaban J connectivity index is 1.50. The molecule has 2 N–H and O–H groups in total. The summed E-state index contributed by atoms with van der Waals surface area (Å²) in [5.41, 5.74) is 5.31. The first kappa shape index (κ1) is 24.9. The number of piperidine rings is 1. The van der Waals surface area contributed by atoms with Crippen LogP contribution in [0.3, 0.4) is 0 Å². The number of nitrogens with one attached hydrogen (secondary N) is 2. The lowest BCUT2D eigenvalue weighted by molar-refractivity contribution is 0.102. The number of para-hydroxylation sites is 1. The summed E-state index contributed by atoms with van der Waals surface area (Å²) in [7, 11) is 3.66. The average molecular weight is 494 g/mol. The van der Waals surface area contributed by atoms with Gasteiger partial charge in [-0.25, -0.2) is 4.98 Å². The maximum Gasteiger partial charge on any atom is 0.262 e. The normalized spacial score (nSPS) is 14.5. The zero-order chi connectivity index (χ0) is 24.9. The van der Waals surface area contributed by atoms with E-state index in [1.807, 2.05) is 19.1 Å². The lowest BCUT2D eigenvalue weighted by Gasteiger charge is -2.30. The second kappa shape index (κ2) is 11.1. The van der Waals surface area contributed by atoms with Gasteiger partial charge in [-0.3, -0.25) is 4.79 Å². The Hall–Kier alpha value is -3.16. The van der Waals surface area contributed by atoms with E-state index in [-0.39, 0.29) is 17.4 Å². The van der Waals surface area contributed by atoms with Crippen molar-refractivity contribution >= 4 is 34.8 Å². The van der Waals surface area contributed by atoms with E-state index >= 15 is 0 Å². The number of hydrogen-bond donors (Lipinski definition) is 2. The van der Waals surface area contributed by atoms with E-state index in [4.69, 9.17) is 16.3 Å². The van der Waals surface area contributed by atoms with Crippen LogP contribution in [-0.2, 0) is 6.42 Å². The van der Waals surface area contributed by atoms with Gasteiger partial charge in [-0.1, -0.05) is 36.7 Å². The number of carbonyl (C=O) groups excluding carboxylic acids is 1. The molecule has 0 bridgehead atoms. The van der Waals surface area contributed by atoms with E-state index < -0.39 is 0 Å². The molecule has 1 amide bonds. The Bertz CT molecular complexity index is 1210. The Morgan fingerprint density at radius 2 is 2.00 bits per heavy atom. The topological polar surface area (TPSA) is 79.4 Å². The molecule has 3 aromatic rings. The summed E-state index contributed by atoms with van der Waals surface area (Å²) in [6, 6.07) is 11.9. The van der Waals surface area contributed by atoms with E-state index in [1.165, 1.54) is 37.3 Å². The zero-order valence-corrected chi connectivity index (χ0v) is 21.4. The molecule has 0 radical (unpaired) electrons. The molecule has 8 heteroatoms. The fourth-order valence-electron chi connectivity index (χ4n) is 4.58. The van der Waals surface area contributed by atoms with Gasteiger partial charge in [-0.15, -0.1) is 0 Å². The van der Waals surface area contributed by atoms with Gasteiger partial charge in [0.15, 0.2) is 0 Å². The van der Waals surface area contributed by atoms with Gasteiger partial charge in [0.1, 0.15) is 5.56 Å². The number of hydrogen-bond acceptors (Lipinski definition) is 6. The van der Waals surface area contributed by atoms with Crippen molar-refractivity contribution in [3.05, 3.63) is 69.9 Å². The molecule has 35 heavy (non-hydrogen) atoms. The minimum atomic E-state index is -0.380. The lowest BCUT2D eigenvalue weighted by atomic mass is 9.87. The molecule has 4 rings (SSSR count). The fraction of sp³-hybridized carbons (Fsp3) is 0.370. The zero-order valence-electron chi connectivity index (χ0n) is 20.7. The highest BCUT2D eigenvalue weighted by Crippen LogP contribution is 2.32. The van der Waals surface area contributed by atoms with Gasteiger partial charge in [0.2, 0.25) is 11.8 Å². The van der Waals surface area contributed by atoms with Crippen molar-refractivity contribution in [3.8, 4) is 5.88 Å². The third kappa shape index (κ3) is 5.74. The van der Waals surface area contributed by atoms with Crippen molar-refractivity contribution in [1.29, 1.82) is 0 Å². The Morgan fingerprint density at radius 3 is 2.69 bits per heavy atom. The number of aromatic nitrogens is 2. The monoisotopic (exact) mass is 493 g/mol. The molecule has 1 aliphatic rings. The van der Waals surface area contributed by atoms with Crippen molar-refractivity contribution in [2.75, 3.05) is 37.9 Å². The summed E-state index contributed by atoms with van der Waals surface area (Å²) >= 11 is 6.32. The molecule has 1 aromatic heterocycles. The first-order valence-electron chi connectivity index (χ1n) is 12.0. The van der Waals surface area contributed by atoms with Gasteiger partial charge in [-0.05, 0) is 87.1 Å². The van der Waals surface area contributed by atoms with Crippen LogP contribution in [0.2, 0.25) is 5.02 Å². The van der Waals surface area contributed by atoms with Crippen molar-refractivity contribution in [3.63, 3.8) is 0 Å². The second-order valence-electron chi connectivity index (χ2n) is 8.97. The summed E-state index contributed by atoms with van der Waals surface area (Å²) < 4.78 is 5.41. The van der Waals surface area contributed by atoms with Crippen LogP contribution in [0.4, 0.5) is 17.3 Å². The molecule has 0 spiro atoms. The van der Waals surface area contributed by atoms with Crippen LogP contribution >= 0.6 is 11.6 Å². The molecule has 0 saturated carbocycles. The van der Waals surface area contributed by atoms with Gasteiger partial charge in [-0.2, -0.15) is 4.98 Å². The Morgan fingerprint density at radius 1 is 1.23 bits per heavy atom. The molecule has 7 nitrogen and oxygen atoms in total. The molecule has 0 unspecified atom stereocenters. The predicted octanol–water partition coefficient (Wildman–Crippen LogP) is 5.81. The largest absolute Gasteiger partial charge is 0.480 e. The average Bonchev–Trinajstić information content (AvgIpc) is 2.86. The number of carbonyl (C=O) groups is 1. The molecular weight excluding hydrogens is 462 g/mol. The van der Waals surface area contributed by atoms with Crippen molar-refractivity contribution in [2.45, 2.75) is 39.0 Å². The van der Waals surface area contributed by atoms with Crippen LogP contribution in [0.15, 0.2) is 42.6 Å². The number of anilines is 3. The number of methoxy groups -OCH3 is 1. The highest BCUT2D eigenvalue weighted by molar-refractivity contribution is 6.34. The van der Waals surface area contributed by atoms with Gasteiger partial charge in [0, 0.05) is 11.9 Å². The lowest BCUT2D eigenvalue weighted by Crippen LogP contribution is -2.29. The second-order valence-corrected chi connectivity index (χ2v) is 9.38. The summed E-state index contributed by atoms with van der Waals surface area (Å²) in [5.74, 6) is 0.761. The summed E-state index contributed by atoms with van der Waals surface area (Å²) in [4.78, 5) is 24.1. The number of rotatable bonds is 7. The highest BCUT2D eigenvalue weighted by Gasteiger charge is 2.21. The number of likely N-dealkylation sites (tertiary alicyclic amines) is 1. The third-order valence-corrected chi connectivity index (χ3v) is 6.91. The molecule has 1 saturated heterocycles. The van der Waals surface area contributed by atoms with Gasteiger partial charge >= 0.3 is 0 Å². The molecule has 2 heterocycles. The van der Waals surface area contributed by atoms with E-state index in [2.05, 4.69) is 57.7 Å². The molecule has 1 fully saturated rings. The molecule has 0 aliphatic carbocycles. The quantitative estimate of drug-likeness (QED) is 0.432. The Kier molecular flexibility index (Phi) is 7.88. The first-order chi connectivity index (χ1) is 16.9. The smallest absolute Gasteiger partial charge is 0.262 e. The van der Waals surface area contributed by atoms with Crippen LogP contribution in [0.25, 0.3) is 0 Å². The first-order valence-corrected chi connectivity index (χ1v) is 12.3.